The number of aromatic nitrogens is 2. The van der Waals surface area contributed by atoms with Crippen LogP contribution in [0.25, 0.3) is 11.1 Å². The van der Waals surface area contributed by atoms with Gasteiger partial charge in [-0.1, -0.05) is 31.5 Å². The largest absolute Gasteiger partial charge is 0.508 e. The van der Waals surface area contributed by atoms with Gasteiger partial charge in [0.2, 0.25) is 0 Å². The molecule has 0 fully saturated rings. The molecule has 1 atom stereocenters. The number of pyridine rings is 1. The van der Waals surface area contributed by atoms with Crippen molar-refractivity contribution in [3.05, 3.63) is 70.8 Å². The lowest BCUT2D eigenvalue weighted by Gasteiger charge is -2.39. The lowest BCUT2D eigenvalue weighted by Crippen LogP contribution is -2.52. The molecule has 0 aliphatic heterocycles. The third-order valence-corrected chi connectivity index (χ3v) is 6.86. The molecule has 4 rings (SSSR count). The second-order valence-electron chi connectivity index (χ2n) is 9.79. The molecule has 2 aromatic heterocycles. The number of benzene rings is 1. The third-order valence-electron chi connectivity index (χ3n) is 6.65. The molecule has 1 aliphatic rings. The molecule has 0 saturated heterocycles. The maximum absolute atomic E-state index is 14.3. The van der Waals surface area contributed by atoms with E-state index < -0.39 is 30.2 Å². The molecule has 0 bridgehead atoms. The number of phenols is 1. The number of carbonyl (C=O) groups excluding carboxylic acids is 1. The predicted octanol–water partition coefficient (Wildman–Crippen LogP) is 6.09. The Hall–Kier alpha value is -2.84. The normalized spacial score (nSPS) is 16.1. The Morgan fingerprint density at radius 2 is 1.83 bits per heavy atom. The fourth-order valence-corrected chi connectivity index (χ4v) is 5.09. The summed E-state index contributed by atoms with van der Waals surface area (Å²) in [7, 11) is 0. The quantitative estimate of drug-likeness (QED) is 0.424. The van der Waals surface area contributed by atoms with Gasteiger partial charge in [-0.2, -0.15) is 13.2 Å². The van der Waals surface area contributed by atoms with Crippen LogP contribution in [0.1, 0.15) is 54.7 Å². The van der Waals surface area contributed by atoms with E-state index in [0.29, 0.717) is 46.7 Å². The van der Waals surface area contributed by atoms with Gasteiger partial charge in [0.15, 0.2) is 11.4 Å². The number of hydrogen-bond acceptors (Lipinski definition) is 4. The van der Waals surface area contributed by atoms with Gasteiger partial charge >= 0.3 is 6.18 Å². The minimum Gasteiger partial charge on any atom is -0.508 e. The summed E-state index contributed by atoms with van der Waals surface area (Å²) in [5, 5.41) is 22.0. The lowest BCUT2D eigenvalue weighted by molar-refractivity contribution is -0.271. The monoisotopic (exact) mass is 506 g/mol. The van der Waals surface area contributed by atoms with Crippen molar-refractivity contribution in [2.24, 2.45) is 0 Å². The van der Waals surface area contributed by atoms with Crippen LogP contribution in [-0.4, -0.2) is 37.3 Å². The van der Waals surface area contributed by atoms with Crippen LogP contribution in [0, 0.1) is 0 Å². The van der Waals surface area contributed by atoms with Crippen molar-refractivity contribution in [2.75, 3.05) is 0 Å². The number of hydrogen-bond donors (Lipinski definition) is 2. The highest BCUT2D eigenvalue weighted by Crippen LogP contribution is 2.45. The molecule has 3 aromatic rings. The van der Waals surface area contributed by atoms with Crippen molar-refractivity contribution in [3.63, 3.8) is 0 Å². The summed E-state index contributed by atoms with van der Waals surface area (Å²) in [6.45, 7) is 2.35. The van der Waals surface area contributed by atoms with E-state index in [2.05, 4.69) is 4.98 Å². The van der Waals surface area contributed by atoms with E-state index in [1.54, 1.807) is 38.2 Å². The van der Waals surface area contributed by atoms with Gasteiger partial charge in [-0.3, -0.25) is 9.78 Å². The maximum Gasteiger partial charge on any atom is 0.418 e. The molecule has 5 nitrogen and oxygen atoms in total. The van der Waals surface area contributed by atoms with E-state index in [-0.39, 0.29) is 17.1 Å². The molecule has 2 heterocycles. The van der Waals surface area contributed by atoms with Gasteiger partial charge in [-0.25, -0.2) is 0 Å². The van der Waals surface area contributed by atoms with Crippen molar-refractivity contribution in [2.45, 2.75) is 63.3 Å². The number of phenolic OH excluding ortho intramolecular Hbond substituents is 1. The Morgan fingerprint density at radius 1 is 1.09 bits per heavy atom. The average molecular weight is 507 g/mol. The summed E-state index contributed by atoms with van der Waals surface area (Å²) in [5.74, 6) is -0.277. The van der Waals surface area contributed by atoms with Crippen LogP contribution >= 0.6 is 11.6 Å². The van der Waals surface area contributed by atoms with Crippen LogP contribution in [-0.2, 0) is 18.4 Å². The van der Waals surface area contributed by atoms with E-state index >= 15 is 0 Å². The first kappa shape index (κ1) is 25.3. The van der Waals surface area contributed by atoms with Crippen molar-refractivity contribution < 1.29 is 28.2 Å². The number of alkyl halides is 3. The Kier molecular flexibility index (Phi) is 6.49. The lowest BCUT2D eigenvalue weighted by atomic mass is 9.73. The van der Waals surface area contributed by atoms with Crippen LogP contribution < -0.4 is 0 Å². The third kappa shape index (κ3) is 4.95. The molecule has 0 saturated carbocycles. The summed E-state index contributed by atoms with van der Waals surface area (Å²) in [4.78, 5) is 16.2. The first-order valence-electron chi connectivity index (χ1n) is 11.3. The zero-order valence-corrected chi connectivity index (χ0v) is 20.1. The minimum atomic E-state index is -4.95. The van der Waals surface area contributed by atoms with Gasteiger partial charge < -0.3 is 14.8 Å². The van der Waals surface area contributed by atoms with Gasteiger partial charge in [0.25, 0.3) is 0 Å². The van der Waals surface area contributed by atoms with Crippen LogP contribution in [0.15, 0.2) is 48.9 Å². The van der Waals surface area contributed by atoms with Gasteiger partial charge in [0, 0.05) is 47.4 Å². The van der Waals surface area contributed by atoms with Crippen molar-refractivity contribution in [3.8, 4) is 16.9 Å². The number of aromatic hydroxyl groups is 1. The summed E-state index contributed by atoms with van der Waals surface area (Å²) in [6.07, 6.45) is 0.199. The van der Waals surface area contributed by atoms with E-state index in [1.165, 1.54) is 29.1 Å². The molecular weight excluding hydrogens is 481 g/mol. The number of fused-ring (bicyclic) bond motifs is 1. The fourth-order valence-electron chi connectivity index (χ4n) is 4.92. The van der Waals surface area contributed by atoms with E-state index in [1.807, 2.05) is 0 Å². The van der Waals surface area contributed by atoms with Crippen molar-refractivity contribution in [1.82, 2.24) is 9.55 Å². The van der Waals surface area contributed by atoms with E-state index in [4.69, 9.17) is 11.6 Å². The molecule has 1 aromatic carbocycles. The highest BCUT2D eigenvalue weighted by Gasteiger charge is 2.56. The number of nitrogens with zero attached hydrogens (tertiary/aromatic N) is 2. The Bertz CT molecular complexity index is 1270. The second-order valence-corrected chi connectivity index (χ2v) is 10.2. The minimum absolute atomic E-state index is 0.0990. The molecule has 1 unspecified atom stereocenters. The summed E-state index contributed by atoms with van der Waals surface area (Å²) < 4.78 is 44.3. The number of rotatable bonds is 6. The highest BCUT2D eigenvalue weighted by molar-refractivity contribution is 6.30. The average Bonchev–Trinajstić information content (AvgIpc) is 3.16. The molecular formula is C26H26ClF3N2O3. The van der Waals surface area contributed by atoms with Gasteiger partial charge in [-0.15, -0.1) is 0 Å². The van der Waals surface area contributed by atoms with Crippen LogP contribution in [0.3, 0.4) is 0 Å². The highest BCUT2D eigenvalue weighted by atomic mass is 35.5. The zero-order valence-electron chi connectivity index (χ0n) is 19.4. The summed E-state index contributed by atoms with van der Waals surface area (Å²) >= 11 is 6.03. The van der Waals surface area contributed by atoms with E-state index in [0.717, 1.165) is 0 Å². The number of carbonyl (C=O) groups is 1. The Morgan fingerprint density at radius 3 is 2.51 bits per heavy atom. The van der Waals surface area contributed by atoms with Crippen LogP contribution in [0.2, 0.25) is 5.02 Å². The molecule has 0 spiro atoms. The SMILES string of the molecule is CC(C)(CC(O)(Cn1ccc2c1CCCC2=O)C(F)(F)F)c1cc(-c2cncc(Cl)c2)ccc1O. The second kappa shape index (κ2) is 8.99. The topological polar surface area (TPSA) is 75.4 Å². The van der Waals surface area contributed by atoms with Crippen LogP contribution in [0.4, 0.5) is 13.2 Å². The number of halogens is 4. The summed E-state index contributed by atoms with van der Waals surface area (Å²) in [6, 6.07) is 7.82. The van der Waals surface area contributed by atoms with Gasteiger partial charge in [0.1, 0.15) is 5.75 Å². The standard InChI is InChI=1S/C26H26ClF3N2O3/c1-24(2,20-11-16(6-7-23(20)34)17-10-18(27)13-31-12-17)14-25(35,26(28,29)30)15-32-9-8-19-21(32)4-3-5-22(19)33/h6-13,34-35H,3-5,14-15H2,1-2H3. The van der Waals surface area contributed by atoms with E-state index in [9.17, 15) is 28.2 Å². The smallest absolute Gasteiger partial charge is 0.418 e. The Labute approximate surface area is 206 Å². The molecule has 0 radical (unpaired) electrons. The van der Waals surface area contributed by atoms with Crippen molar-refractivity contribution >= 4 is 17.4 Å². The number of Topliss-reactive ketones (excluding diaryl/α,β-unsaturated/α-hetero) is 1. The molecule has 1 aliphatic carbocycles. The molecule has 9 heteroatoms. The van der Waals surface area contributed by atoms with Crippen molar-refractivity contribution in [1.29, 1.82) is 0 Å². The number of ketones is 1. The molecule has 2 N–H and O–H groups in total. The predicted molar refractivity (Wildman–Crippen MR) is 127 cm³/mol. The number of aliphatic hydroxyl groups is 1. The zero-order chi connectivity index (χ0) is 25.6. The van der Waals surface area contributed by atoms with Crippen LogP contribution in [0.5, 0.6) is 5.75 Å². The van der Waals surface area contributed by atoms with Gasteiger partial charge in [0.05, 0.1) is 11.6 Å². The Balaban J connectivity index is 1.70. The first-order chi connectivity index (χ1) is 16.3. The fraction of sp³-hybridized carbons (Fsp3) is 0.385. The first-order valence-corrected chi connectivity index (χ1v) is 11.6. The molecule has 186 valence electrons. The van der Waals surface area contributed by atoms with Gasteiger partial charge in [-0.05, 0) is 54.5 Å². The molecule has 0 amide bonds. The molecule has 35 heavy (non-hydrogen) atoms. The maximum atomic E-state index is 14.3. The summed E-state index contributed by atoms with van der Waals surface area (Å²) in [5.41, 5.74) is -1.94.